The minimum absolute atomic E-state index is 0.309. The Morgan fingerprint density at radius 3 is 2.75 bits per heavy atom. The van der Waals surface area contributed by atoms with Crippen LogP contribution in [0, 0.1) is 0 Å². The first kappa shape index (κ1) is 12.6. The van der Waals surface area contributed by atoms with E-state index >= 15 is 0 Å². The van der Waals surface area contributed by atoms with E-state index in [0.29, 0.717) is 37.3 Å². The van der Waals surface area contributed by atoms with Crippen LogP contribution in [0.4, 0.5) is 10.5 Å². The fraction of sp³-hybridized carbons (Fsp3) is 0.385. The number of fused-ring (bicyclic) bond motifs is 1. The van der Waals surface area contributed by atoms with Gasteiger partial charge in [0.25, 0.3) is 0 Å². The number of carbonyl (C=O) groups excluding carboxylic acids is 1. The van der Waals surface area contributed by atoms with E-state index in [9.17, 15) is 9.59 Å². The minimum atomic E-state index is -0.458. The molecule has 20 heavy (non-hydrogen) atoms. The molecule has 1 aromatic carbocycles. The van der Waals surface area contributed by atoms with Crippen molar-refractivity contribution in [3.63, 3.8) is 0 Å². The molecule has 0 atom stereocenters. The number of piperazine rings is 1. The summed E-state index contributed by atoms with van der Waals surface area (Å²) < 4.78 is 9.90. The maximum atomic E-state index is 11.4. The summed E-state index contributed by atoms with van der Waals surface area (Å²) in [4.78, 5) is 29.1. The maximum absolute atomic E-state index is 11.4. The first-order valence-electron chi connectivity index (χ1n) is 6.39. The van der Waals surface area contributed by atoms with Crippen LogP contribution in [-0.2, 0) is 4.74 Å². The lowest BCUT2D eigenvalue weighted by atomic mass is 10.2. The number of carbonyl (C=O) groups is 1. The van der Waals surface area contributed by atoms with Gasteiger partial charge in [0.1, 0.15) is 0 Å². The Bertz CT molecular complexity index is 682. The van der Waals surface area contributed by atoms with Crippen LogP contribution in [0.25, 0.3) is 11.1 Å². The van der Waals surface area contributed by atoms with Crippen molar-refractivity contribution < 1.29 is 13.9 Å². The average molecular weight is 277 g/mol. The van der Waals surface area contributed by atoms with Crippen LogP contribution in [0.5, 0.6) is 0 Å². The van der Waals surface area contributed by atoms with Crippen LogP contribution in [0.15, 0.2) is 27.4 Å². The highest BCUT2D eigenvalue weighted by atomic mass is 16.5. The second-order valence-corrected chi connectivity index (χ2v) is 4.61. The van der Waals surface area contributed by atoms with E-state index in [-0.39, 0.29) is 6.09 Å². The van der Waals surface area contributed by atoms with Crippen LogP contribution in [0.2, 0.25) is 0 Å². The number of anilines is 1. The molecule has 3 rings (SSSR count). The van der Waals surface area contributed by atoms with Gasteiger partial charge in [0.05, 0.1) is 18.3 Å². The molecule has 0 saturated carbocycles. The average Bonchev–Trinajstić information content (AvgIpc) is 2.86. The molecule has 106 valence electrons. The fourth-order valence-corrected chi connectivity index (χ4v) is 2.47. The number of ether oxygens (including phenoxy) is 1. The number of benzene rings is 1. The van der Waals surface area contributed by atoms with Gasteiger partial charge in [-0.1, -0.05) is 6.07 Å². The Morgan fingerprint density at radius 2 is 2.05 bits per heavy atom. The van der Waals surface area contributed by atoms with Crippen molar-refractivity contribution in [1.82, 2.24) is 9.88 Å². The Hall–Kier alpha value is -2.44. The monoisotopic (exact) mass is 277 g/mol. The van der Waals surface area contributed by atoms with E-state index in [1.165, 1.54) is 7.11 Å². The van der Waals surface area contributed by atoms with Crippen molar-refractivity contribution in [2.24, 2.45) is 0 Å². The van der Waals surface area contributed by atoms with Gasteiger partial charge in [0.2, 0.25) is 0 Å². The van der Waals surface area contributed by atoms with Crippen molar-refractivity contribution in [1.29, 1.82) is 0 Å². The van der Waals surface area contributed by atoms with Gasteiger partial charge >= 0.3 is 11.8 Å². The summed E-state index contributed by atoms with van der Waals surface area (Å²) in [6.07, 6.45) is -0.309. The van der Waals surface area contributed by atoms with E-state index < -0.39 is 5.76 Å². The molecule has 0 unspecified atom stereocenters. The van der Waals surface area contributed by atoms with Crippen LogP contribution < -0.4 is 10.7 Å². The number of methoxy groups -OCH3 is 1. The summed E-state index contributed by atoms with van der Waals surface area (Å²) in [5, 5.41) is 0. The van der Waals surface area contributed by atoms with Gasteiger partial charge in [-0.2, -0.15) is 0 Å². The first-order chi connectivity index (χ1) is 9.69. The van der Waals surface area contributed by atoms with Gasteiger partial charge in [-0.3, -0.25) is 4.98 Å². The standard InChI is InChI=1S/C13H15N3O4/c1-19-13(18)16-7-5-15(6-8-16)10-4-2-3-9-11(10)20-12(17)14-9/h2-4H,5-8H2,1H3,(H,14,17). The van der Waals surface area contributed by atoms with Crippen molar-refractivity contribution in [3.8, 4) is 0 Å². The lowest BCUT2D eigenvalue weighted by molar-refractivity contribution is 0.121. The Labute approximate surface area is 114 Å². The van der Waals surface area contributed by atoms with E-state index in [1.54, 1.807) is 11.0 Å². The van der Waals surface area contributed by atoms with Crippen LogP contribution >= 0.6 is 0 Å². The fourth-order valence-electron chi connectivity index (χ4n) is 2.47. The number of aromatic nitrogens is 1. The number of hydrogen-bond acceptors (Lipinski definition) is 5. The molecule has 0 aliphatic carbocycles. The molecule has 1 aliphatic rings. The quantitative estimate of drug-likeness (QED) is 0.841. The molecular formula is C13H15N3O4. The largest absolute Gasteiger partial charge is 0.453 e. The number of amides is 1. The van der Waals surface area contributed by atoms with E-state index in [1.807, 2.05) is 12.1 Å². The minimum Gasteiger partial charge on any atom is -0.453 e. The second kappa shape index (κ2) is 4.92. The summed E-state index contributed by atoms with van der Waals surface area (Å²) in [5.74, 6) is -0.458. The summed E-state index contributed by atoms with van der Waals surface area (Å²) >= 11 is 0. The summed E-state index contributed by atoms with van der Waals surface area (Å²) in [6, 6.07) is 5.58. The van der Waals surface area contributed by atoms with Gasteiger partial charge in [-0.05, 0) is 12.1 Å². The van der Waals surface area contributed by atoms with Gasteiger partial charge in [-0.15, -0.1) is 0 Å². The lowest BCUT2D eigenvalue weighted by Gasteiger charge is -2.35. The molecule has 1 N–H and O–H groups in total. The number of aromatic amines is 1. The third-order valence-electron chi connectivity index (χ3n) is 3.48. The molecule has 1 fully saturated rings. The van der Waals surface area contributed by atoms with E-state index in [2.05, 4.69) is 9.88 Å². The van der Waals surface area contributed by atoms with Gasteiger partial charge in [-0.25, -0.2) is 9.59 Å². The second-order valence-electron chi connectivity index (χ2n) is 4.61. The summed E-state index contributed by atoms with van der Waals surface area (Å²) in [5.41, 5.74) is 2.11. The number of para-hydroxylation sites is 1. The summed E-state index contributed by atoms with van der Waals surface area (Å²) in [6.45, 7) is 2.50. The van der Waals surface area contributed by atoms with Crippen molar-refractivity contribution in [2.75, 3.05) is 38.2 Å². The Balaban J connectivity index is 1.83. The molecule has 2 heterocycles. The highest BCUT2D eigenvalue weighted by Crippen LogP contribution is 2.25. The van der Waals surface area contributed by atoms with Crippen LogP contribution in [-0.4, -0.2) is 49.3 Å². The maximum Gasteiger partial charge on any atom is 0.417 e. The first-order valence-corrected chi connectivity index (χ1v) is 6.39. The highest BCUT2D eigenvalue weighted by molar-refractivity contribution is 5.86. The van der Waals surface area contributed by atoms with Crippen LogP contribution in [0.3, 0.4) is 0 Å². The molecule has 2 aromatic rings. The number of oxazole rings is 1. The van der Waals surface area contributed by atoms with Gasteiger partial charge in [0.15, 0.2) is 5.58 Å². The number of rotatable bonds is 1. The molecule has 1 saturated heterocycles. The number of nitrogens with zero attached hydrogens (tertiary/aromatic N) is 2. The van der Waals surface area contributed by atoms with Crippen molar-refractivity contribution >= 4 is 22.9 Å². The molecule has 0 bridgehead atoms. The van der Waals surface area contributed by atoms with E-state index in [0.717, 1.165) is 5.69 Å². The predicted molar refractivity (Wildman–Crippen MR) is 73.0 cm³/mol. The normalized spacial score (nSPS) is 15.7. The number of nitrogens with one attached hydrogen (secondary N) is 1. The molecular weight excluding hydrogens is 262 g/mol. The molecule has 1 amide bonds. The molecule has 1 aromatic heterocycles. The smallest absolute Gasteiger partial charge is 0.417 e. The molecule has 7 heteroatoms. The lowest BCUT2D eigenvalue weighted by Crippen LogP contribution is -2.48. The zero-order valence-corrected chi connectivity index (χ0v) is 11.1. The van der Waals surface area contributed by atoms with Gasteiger partial charge < -0.3 is 19.0 Å². The third-order valence-corrected chi connectivity index (χ3v) is 3.48. The van der Waals surface area contributed by atoms with Crippen LogP contribution in [0.1, 0.15) is 0 Å². The van der Waals surface area contributed by atoms with Crippen molar-refractivity contribution in [3.05, 3.63) is 28.7 Å². The Kier molecular flexibility index (Phi) is 3.09. The SMILES string of the molecule is COC(=O)N1CCN(c2cccc3[nH]c(=O)oc23)CC1. The third kappa shape index (κ3) is 2.11. The number of H-pyrrole nitrogens is 1. The molecule has 0 spiro atoms. The Morgan fingerprint density at radius 1 is 1.30 bits per heavy atom. The molecule has 1 aliphatic heterocycles. The molecule has 0 radical (unpaired) electrons. The molecule has 7 nitrogen and oxygen atoms in total. The van der Waals surface area contributed by atoms with E-state index in [4.69, 9.17) is 9.15 Å². The van der Waals surface area contributed by atoms with Gasteiger partial charge in [0, 0.05) is 26.2 Å². The summed E-state index contributed by atoms with van der Waals surface area (Å²) in [7, 11) is 1.38. The topological polar surface area (TPSA) is 78.8 Å². The van der Waals surface area contributed by atoms with Crippen molar-refractivity contribution in [2.45, 2.75) is 0 Å². The zero-order valence-electron chi connectivity index (χ0n) is 11.1. The predicted octanol–water partition coefficient (Wildman–Crippen LogP) is 1.01. The zero-order chi connectivity index (χ0) is 14.1. The highest BCUT2D eigenvalue weighted by Gasteiger charge is 2.23. The number of hydrogen-bond donors (Lipinski definition) is 1.